The first-order valence-corrected chi connectivity index (χ1v) is 9.64. The van der Waals surface area contributed by atoms with Gasteiger partial charge in [-0.25, -0.2) is 8.42 Å². The molecule has 2 aliphatic heterocycles. The molecule has 2 heterocycles. The van der Waals surface area contributed by atoms with Gasteiger partial charge in [-0.05, 0) is 24.0 Å². The highest BCUT2D eigenvalue weighted by molar-refractivity contribution is 8.14. The lowest BCUT2D eigenvalue weighted by Crippen LogP contribution is -2.39. The van der Waals surface area contributed by atoms with Crippen LogP contribution in [0.1, 0.15) is 6.92 Å². The van der Waals surface area contributed by atoms with Crippen LogP contribution in [0.15, 0.2) is 29.3 Å². The van der Waals surface area contributed by atoms with E-state index >= 15 is 0 Å². The van der Waals surface area contributed by atoms with Gasteiger partial charge in [-0.15, -0.1) is 0 Å². The van der Waals surface area contributed by atoms with Crippen molar-refractivity contribution in [1.29, 1.82) is 0 Å². The minimum absolute atomic E-state index is 0.0903. The fourth-order valence-corrected chi connectivity index (χ4v) is 5.57. The van der Waals surface area contributed by atoms with E-state index in [2.05, 4.69) is 11.9 Å². The smallest absolute Gasteiger partial charge is 0.164 e. The number of thioether (sulfide) groups is 1. The lowest BCUT2D eigenvalue weighted by Gasteiger charge is -2.26. The SMILES string of the molecule is CCSC1=N[C@H]2CS(=O)(=O)C[C@H]2N1c1cccc(Cl)c1. The number of sulfone groups is 1. The first kappa shape index (κ1) is 14.2. The highest BCUT2D eigenvalue weighted by Crippen LogP contribution is 2.35. The molecule has 20 heavy (non-hydrogen) atoms. The Bertz CT molecular complexity index is 660. The summed E-state index contributed by atoms with van der Waals surface area (Å²) >= 11 is 7.70. The van der Waals surface area contributed by atoms with Crippen molar-refractivity contribution in [1.82, 2.24) is 0 Å². The summed E-state index contributed by atoms with van der Waals surface area (Å²) in [6.07, 6.45) is 0. The van der Waals surface area contributed by atoms with Gasteiger partial charge in [0.2, 0.25) is 0 Å². The minimum Gasteiger partial charge on any atom is -0.315 e. The van der Waals surface area contributed by atoms with E-state index in [4.69, 9.17) is 11.6 Å². The predicted molar refractivity (Wildman–Crippen MR) is 85.7 cm³/mol. The van der Waals surface area contributed by atoms with E-state index in [1.165, 1.54) is 0 Å². The largest absolute Gasteiger partial charge is 0.315 e. The fraction of sp³-hybridized carbons (Fsp3) is 0.462. The molecule has 0 amide bonds. The van der Waals surface area contributed by atoms with Crippen LogP contribution in [-0.4, -0.2) is 42.9 Å². The summed E-state index contributed by atoms with van der Waals surface area (Å²) in [5, 5.41) is 1.55. The van der Waals surface area contributed by atoms with Crippen molar-refractivity contribution in [3.63, 3.8) is 0 Å². The summed E-state index contributed by atoms with van der Waals surface area (Å²) in [4.78, 5) is 6.64. The standard InChI is InChI=1S/C13H15ClN2O2S2/c1-2-19-13-15-11-7-20(17,18)8-12(11)16(13)10-5-3-4-9(14)6-10/h3-6,11-12H,2,7-8H2,1H3/t11-,12+/m0/s1. The molecule has 0 aromatic heterocycles. The van der Waals surface area contributed by atoms with E-state index < -0.39 is 9.84 Å². The van der Waals surface area contributed by atoms with Gasteiger partial charge in [0.05, 0.1) is 23.6 Å². The van der Waals surface area contributed by atoms with Gasteiger partial charge < -0.3 is 4.90 Å². The molecule has 0 radical (unpaired) electrons. The first-order chi connectivity index (χ1) is 9.50. The number of rotatable bonds is 2. The number of halogens is 1. The molecule has 0 bridgehead atoms. The Hall–Kier alpha value is -0.720. The van der Waals surface area contributed by atoms with Crippen molar-refractivity contribution in [3.8, 4) is 0 Å². The van der Waals surface area contributed by atoms with E-state index in [0.717, 1.165) is 16.6 Å². The zero-order chi connectivity index (χ0) is 14.3. The molecule has 108 valence electrons. The lowest BCUT2D eigenvalue weighted by atomic mass is 10.1. The summed E-state index contributed by atoms with van der Waals surface area (Å²) in [5.41, 5.74) is 0.918. The zero-order valence-corrected chi connectivity index (χ0v) is 13.4. The van der Waals surface area contributed by atoms with Crippen LogP contribution in [0.3, 0.4) is 0 Å². The average Bonchev–Trinajstić information content (AvgIpc) is 2.80. The maximum atomic E-state index is 11.8. The van der Waals surface area contributed by atoms with Crippen LogP contribution in [-0.2, 0) is 9.84 Å². The van der Waals surface area contributed by atoms with Gasteiger partial charge in [0.15, 0.2) is 15.0 Å². The molecule has 3 rings (SSSR count). The predicted octanol–water partition coefficient (Wildman–Crippen LogP) is 2.43. The summed E-state index contributed by atoms with van der Waals surface area (Å²) < 4.78 is 23.6. The molecule has 4 nitrogen and oxygen atoms in total. The number of hydrogen-bond donors (Lipinski definition) is 0. The number of amidine groups is 1. The zero-order valence-electron chi connectivity index (χ0n) is 11.0. The fourth-order valence-electron chi connectivity index (χ4n) is 2.69. The number of nitrogens with zero attached hydrogens (tertiary/aromatic N) is 2. The van der Waals surface area contributed by atoms with E-state index in [9.17, 15) is 8.42 Å². The summed E-state index contributed by atoms with van der Waals surface area (Å²) in [6, 6.07) is 7.27. The molecule has 2 atom stereocenters. The third-order valence-corrected chi connectivity index (χ3v) is 6.25. The Kier molecular flexibility index (Phi) is 3.73. The van der Waals surface area contributed by atoms with Gasteiger partial charge in [0, 0.05) is 10.7 Å². The highest BCUT2D eigenvalue weighted by Gasteiger charge is 2.46. The molecular formula is C13H15ClN2O2S2. The van der Waals surface area contributed by atoms with Crippen LogP contribution in [0.2, 0.25) is 5.02 Å². The van der Waals surface area contributed by atoms with E-state index in [1.54, 1.807) is 11.8 Å². The Balaban J connectivity index is 2.00. The molecule has 0 unspecified atom stereocenters. The van der Waals surface area contributed by atoms with Crippen LogP contribution in [0.25, 0.3) is 0 Å². The van der Waals surface area contributed by atoms with E-state index in [1.807, 2.05) is 29.2 Å². The van der Waals surface area contributed by atoms with Crippen LogP contribution in [0.4, 0.5) is 5.69 Å². The van der Waals surface area contributed by atoms with Gasteiger partial charge in [-0.2, -0.15) is 0 Å². The van der Waals surface area contributed by atoms with Crippen molar-refractivity contribution in [2.45, 2.75) is 19.0 Å². The van der Waals surface area contributed by atoms with Crippen LogP contribution >= 0.6 is 23.4 Å². The molecule has 7 heteroatoms. The quantitative estimate of drug-likeness (QED) is 0.835. The highest BCUT2D eigenvalue weighted by atomic mass is 35.5. The van der Waals surface area contributed by atoms with Crippen LogP contribution in [0, 0.1) is 0 Å². The third-order valence-electron chi connectivity index (χ3n) is 3.47. The Labute approximate surface area is 128 Å². The maximum Gasteiger partial charge on any atom is 0.164 e. The third kappa shape index (κ3) is 2.56. The Morgan fingerprint density at radius 3 is 2.95 bits per heavy atom. The second-order valence-corrected chi connectivity index (χ2v) is 8.73. The number of fused-ring (bicyclic) bond motifs is 1. The molecule has 1 fully saturated rings. The number of benzene rings is 1. The van der Waals surface area contributed by atoms with Crippen molar-refractivity contribution in [2.24, 2.45) is 4.99 Å². The van der Waals surface area contributed by atoms with Gasteiger partial charge >= 0.3 is 0 Å². The van der Waals surface area contributed by atoms with Gasteiger partial charge in [0.25, 0.3) is 0 Å². The van der Waals surface area contributed by atoms with Gasteiger partial charge in [-0.1, -0.05) is 36.4 Å². The number of hydrogen-bond acceptors (Lipinski definition) is 5. The molecule has 0 spiro atoms. The van der Waals surface area contributed by atoms with E-state index in [-0.39, 0.29) is 23.6 Å². The van der Waals surface area contributed by atoms with Crippen molar-refractivity contribution in [2.75, 3.05) is 22.2 Å². The lowest BCUT2D eigenvalue weighted by molar-refractivity contribution is 0.601. The average molecular weight is 331 g/mol. The molecule has 0 N–H and O–H groups in total. The monoisotopic (exact) mass is 330 g/mol. The van der Waals surface area contributed by atoms with Crippen molar-refractivity contribution >= 4 is 44.1 Å². The van der Waals surface area contributed by atoms with E-state index in [0.29, 0.717) is 5.02 Å². The van der Waals surface area contributed by atoms with Crippen LogP contribution in [0.5, 0.6) is 0 Å². The molecule has 1 saturated heterocycles. The topological polar surface area (TPSA) is 49.7 Å². The summed E-state index contributed by atoms with van der Waals surface area (Å²) in [7, 11) is -2.99. The number of aliphatic imine (C=N–C) groups is 1. The Morgan fingerprint density at radius 2 is 2.25 bits per heavy atom. The van der Waals surface area contributed by atoms with Crippen molar-refractivity contribution < 1.29 is 8.42 Å². The normalized spacial score (nSPS) is 27.5. The Morgan fingerprint density at radius 1 is 1.45 bits per heavy atom. The molecule has 1 aromatic carbocycles. The second kappa shape index (κ2) is 5.24. The first-order valence-electron chi connectivity index (χ1n) is 6.46. The molecular weight excluding hydrogens is 316 g/mol. The number of anilines is 1. The summed E-state index contributed by atoms with van der Waals surface area (Å²) in [5.74, 6) is 1.23. The summed E-state index contributed by atoms with van der Waals surface area (Å²) in [6.45, 7) is 2.06. The minimum atomic E-state index is -2.99. The van der Waals surface area contributed by atoms with Crippen molar-refractivity contribution in [3.05, 3.63) is 29.3 Å². The molecule has 0 saturated carbocycles. The van der Waals surface area contributed by atoms with Gasteiger partial charge in [-0.3, -0.25) is 4.99 Å². The molecule has 0 aliphatic carbocycles. The molecule has 1 aromatic rings. The second-order valence-electron chi connectivity index (χ2n) is 4.91. The van der Waals surface area contributed by atoms with Crippen LogP contribution < -0.4 is 4.90 Å². The maximum absolute atomic E-state index is 11.8. The van der Waals surface area contributed by atoms with Gasteiger partial charge in [0.1, 0.15) is 0 Å². The molecule has 2 aliphatic rings.